The topological polar surface area (TPSA) is 52.6 Å². The van der Waals surface area contributed by atoms with Gasteiger partial charge in [0.1, 0.15) is 19.6 Å². The van der Waals surface area contributed by atoms with E-state index in [1.165, 1.54) is 62.5 Å². The van der Waals surface area contributed by atoms with E-state index in [1.54, 1.807) is 11.1 Å². The molecule has 4 rings (SSSR count). The quantitative estimate of drug-likeness (QED) is 0.120. The number of hydrogen-bond donors (Lipinski definition) is 0. The molecule has 0 heterocycles. The Bertz CT molecular complexity index is 1170. The first kappa shape index (κ1) is 37.7. The van der Waals surface area contributed by atoms with Crippen molar-refractivity contribution < 1.29 is 19.1 Å². The van der Waals surface area contributed by atoms with Gasteiger partial charge in [-0.1, -0.05) is 76.0 Å². The van der Waals surface area contributed by atoms with Crippen molar-refractivity contribution in [1.29, 1.82) is 0 Å². The first-order valence-electron chi connectivity index (χ1n) is 19.0. The average Bonchev–Trinajstić information content (AvgIpc) is 3.01. The molecule has 4 heteroatoms. The SMILES string of the molecule is CC(=CCOC(=O)CC(=O)OCC=C(C)CCC1(C)C(C)CCC2(C)C(C)=CCCC21)CCC1(C)C(C)CCC2(C)C(C)=CCCC21. The summed E-state index contributed by atoms with van der Waals surface area (Å²) in [4.78, 5) is 24.8. The Balaban J connectivity index is 1.17. The number of carbonyl (C=O) groups is 2. The molecule has 0 spiro atoms. The highest BCUT2D eigenvalue weighted by molar-refractivity contribution is 5.91. The molecule has 8 unspecified atom stereocenters. The minimum Gasteiger partial charge on any atom is -0.461 e. The van der Waals surface area contributed by atoms with Crippen molar-refractivity contribution in [1.82, 2.24) is 0 Å². The number of allylic oxidation sites excluding steroid dienone is 6. The van der Waals surface area contributed by atoms with Crippen molar-refractivity contribution >= 4 is 11.9 Å². The van der Waals surface area contributed by atoms with E-state index in [4.69, 9.17) is 9.47 Å². The van der Waals surface area contributed by atoms with Gasteiger partial charge in [0.15, 0.2) is 0 Å². The molecule has 8 atom stereocenters. The Morgan fingerprint density at radius 1 is 0.702 bits per heavy atom. The maximum Gasteiger partial charge on any atom is 0.317 e. The maximum absolute atomic E-state index is 12.4. The monoisotopic (exact) mass is 649 g/mol. The standard InChI is InChI=1S/C43H68O4/c1-30(17-23-40(7)34(5)19-25-42(9)32(3)13-11-15-36(40)42)21-27-46-38(44)29-39(45)47-28-22-31(2)18-24-41(8)35(6)20-26-43(10)33(4)14-12-16-37(41)43/h13-14,21-22,34-37H,11-12,15-20,23-29H2,1-10H3. The van der Waals surface area contributed by atoms with Gasteiger partial charge in [-0.05, 0) is 162 Å². The van der Waals surface area contributed by atoms with Crippen molar-refractivity contribution in [3.8, 4) is 0 Å². The predicted molar refractivity (Wildman–Crippen MR) is 195 cm³/mol. The van der Waals surface area contributed by atoms with E-state index in [2.05, 4.69) is 81.4 Å². The fourth-order valence-corrected chi connectivity index (χ4v) is 10.6. The molecule has 0 aromatic rings. The lowest BCUT2D eigenvalue weighted by molar-refractivity contribution is -0.153. The molecule has 0 amide bonds. The molecule has 264 valence electrons. The summed E-state index contributed by atoms with van der Waals surface area (Å²) in [5, 5.41) is 0. The Hall–Kier alpha value is -2.10. The summed E-state index contributed by atoms with van der Waals surface area (Å²) >= 11 is 0. The largest absolute Gasteiger partial charge is 0.461 e. The lowest BCUT2D eigenvalue weighted by Crippen LogP contribution is -2.49. The van der Waals surface area contributed by atoms with Crippen molar-refractivity contribution in [2.75, 3.05) is 13.2 Å². The molecule has 0 bridgehead atoms. The highest BCUT2D eigenvalue weighted by Crippen LogP contribution is 2.63. The molecule has 0 radical (unpaired) electrons. The summed E-state index contributed by atoms with van der Waals surface area (Å²) in [6.45, 7) is 24.3. The summed E-state index contributed by atoms with van der Waals surface area (Å²) < 4.78 is 10.8. The first-order valence-corrected chi connectivity index (χ1v) is 19.0. The van der Waals surface area contributed by atoms with E-state index >= 15 is 0 Å². The van der Waals surface area contributed by atoms with Crippen molar-refractivity contribution in [3.63, 3.8) is 0 Å². The van der Waals surface area contributed by atoms with Crippen LogP contribution >= 0.6 is 0 Å². The Labute approximate surface area is 288 Å². The van der Waals surface area contributed by atoms with E-state index in [-0.39, 0.29) is 19.6 Å². The van der Waals surface area contributed by atoms with Crippen LogP contribution in [0.4, 0.5) is 0 Å². The number of esters is 2. The van der Waals surface area contributed by atoms with Crippen molar-refractivity contribution in [2.45, 2.75) is 153 Å². The molecule has 4 nitrogen and oxygen atoms in total. The molecule has 47 heavy (non-hydrogen) atoms. The van der Waals surface area contributed by atoms with Crippen LogP contribution in [0.25, 0.3) is 0 Å². The molecule has 0 N–H and O–H groups in total. The third-order valence-electron chi connectivity index (χ3n) is 14.9. The minimum atomic E-state index is -0.521. The van der Waals surface area contributed by atoms with Crippen LogP contribution in [0.15, 0.2) is 46.6 Å². The van der Waals surface area contributed by atoms with Crippen molar-refractivity contribution in [3.05, 3.63) is 46.6 Å². The molecule has 0 aromatic heterocycles. The highest BCUT2D eigenvalue weighted by Gasteiger charge is 2.54. The van der Waals surface area contributed by atoms with Crippen molar-refractivity contribution in [2.24, 2.45) is 45.3 Å². The fourth-order valence-electron chi connectivity index (χ4n) is 10.6. The van der Waals surface area contributed by atoms with Crippen LogP contribution in [0.3, 0.4) is 0 Å². The Morgan fingerprint density at radius 2 is 1.09 bits per heavy atom. The van der Waals surface area contributed by atoms with E-state index in [1.807, 2.05) is 12.2 Å². The van der Waals surface area contributed by atoms with E-state index in [9.17, 15) is 9.59 Å². The van der Waals surface area contributed by atoms with Gasteiger partial charge in [-0.25, -0.2) is 0 Å². The van der Waals surface area contributed by atoms with Gasteiger partial charge in [-0.15, -0.1) is 0 Å². The molecule has 0 aliphatic heterocycles. The summed E-state index contributed by atoms with van der Waals surface area (Å²) in [5.74, 6) is 1.82. The van der Waals surface area contributed by atoms with Crippen LogP contribution in [-0.2, 0) is 19.1 Å². The molecule has 4 aliphatic rings. The second-order valence-corrected chi connectivity index (χ2v) is 17.4. The van der Waals surface area contributed by atoms with Gasteiger partial charge in [-0.2, -0.15) is 0 Å². The average molecular weight is 649 g/mol. The van der Waals surface area contributed by atoms with Gasteiger partial charge in [0.25, 0.3) is 0 Å². The highest BCUT2D eigenvalue weighted by atomic mass is 16.6. The maximum atomic E-state index is 12.4. The molecular weight excluding hydrogens is 580 g/mol. The second kappa shape index (κ2) is 15.2. The third-order valence-corrected chi connectivity index (χ3v) is 14.9. The van der Waals surface area contributed by atoms with Crippen LogP contribution in [0.1, 0.15) is 153 Å². The van der Waals surface area contributed by atoms with Crippen LogP contribution in [-0.4, -0.2) is 25.2 Å². The Morgan fingerprint density at radius 3 is 1.47 bits per heavy atom. The van der Waals surface area contributed by atoms with E-state index in [0.29, 0.717) is 33.5 Å². The third kappa shape index (κ3) is 8.04. The van der Waals surface area contributed by atoms with Crippen LogP contribution in [0.5, 0.6) is 0 Å². The summed E-state index contributed by atoms with van der Waals surface area (Å²) in [5.41, 5.74) is 6.97. The van der Waals surface area contributed by atoms with Gasteiger partial charge in [-0.3, -0.25) is 9.59 Å². The molecule has 0 saturated heterocycles. The number of hydrogen-bond acceptors (Lipinski definition) is 4. The van der Waals surface area contributed by atoms with E-state index in [0.717, 1.165) is 37.5 Å². The molecule has 2 fully saturated rings. The molecule has 0 aromatic carbocycles. The lowest BCUT2D eigenvalue weighted by Gasteiger charge is -2.58. The number of fused-ring (bicyclic) bond motifs is 2. The van der Waals surface area contributed by atoms with Gasteiger partial charge in [0, 0.05) is 0 Å². The lowest BCUT2D eigenvalue weighted by atomic mass is 9.47. The van der Waals surface area contributed by atoms with Gasteiger partial charge in [0.2, 0.25) is 0 Å². The van der Waals surface area contributed by atoms with Crippen LogP contribution in [0, 0.1) is 45.3 Å². The van der Waals surface area contributed by atoms with Crippen LogP contribution < -0.4 is 0 Å². The zero-order valence-corrected chi connectivity index (χ0v) is 31.9. The van der Waals surface area contributed by atoms with Gasteiger partial charge in [0.05, 0.1) is 0 Å². The number of rotatable bonds is 12. The zero-order chi connectivity index (χ0) is 34.6. The first-order chi connectivity index (χ1) is 22.1. The smallest absolute Gasteiger partial charge is 0.317 e. The second-order valence-electron chi connectivity index (χ2n) is 17.4. The van der Waals surface area contributed by atoms with Gasteiger partial charge < -0.3 is 9.47 Å². The number of ether oxygens (including phenoxy) is 2. The minimum absolute atomic E-state index is 0.207. The number of carbonyl (C=O) groups excluding carboxylic acids is 2. The Kier molecular flexibility index (Phi) is 12.2. The molecular formula is C43H68O4. The van der Waals surface area contributed by atoms with Gasteiger partial charge >= 0.3 is 11.9 Å². The predicted octanol–water partition coefficient (Wildman–Crippen LogP) is 11.5. The summed E-state index contributed by atoms with van der Waals surface area (Å²) in [7, 11) is 0. The summed E-state index contributed by atoms with van der Waals surface area (Å²) in [6.07, 6.45) is 23.1. The summed E-state index contributed by atoms with van der Waals surface area (Å²) in [6, 6.07) is 0. The van der Waals surface area contributed by atoms with Crippen LogP contribution in [0.2, 0.25) is 0 Å². The molecule has 4 aliphatic carbocycles. The molecule has 2 saturated carbocycles. The normalized spacial score (nSPS) is 37.7. The van der Waals surface area contributed by atoms with E-state index < -0.39 is 11.9 Å². The zero-order valence-electron chi connectivity index (χ0n) is 31.9. The fraction of sp³-hybridized carbons (Fsp3) is 0.767.